The Morgan fingerprint density at radius 3 is 2.12 bits per heavy atom. The first-order valence-corrected chi connectivity index (χ1v) is 5.02. The van der Waals surface area contributed by atoms with Crippen molar-refractivity contribution >= 4 is 71.5 Å². The van der Waals surface area contributed by atoms with Crippen LogP contribution in [0.25, 0.3) is 0 Å². The van der Waals surface area contributed by atoms with E-state index >= 15 is 0 Å². The summed E-state index contributed by atoms with van der Waals surface area (Å²) >= 11 is 6.38. The number of rotatable bonds is 1. The molecule has 46 valence electrons. The highest BCUT2D eigenvalue weighted by molar-refractivity contribution is 14.1. The normalized spacial score (nSPS) is 14.4. The van der Waals surface area contributed by atoms with Gasteiger partial charge in [-0.3, -0.25) is 0 Å². The topological polar surface area (TPSA) is 38.4 Å². The first-order chi connectivity index (χ1) is 3.72. The summed E-state index contributed by atoms with van der Waals surface area (Å²) in [5, 5.41) is 3.48. The van der Waals surface area contributed by atoms with Gasteiger partial charge < -0.3 is 5.84 Å². The van der Waals surface area contributed by atoms with Crippen LogP contribution in [0, 0.1) is 0 Å². The van der Waals surface area contributed by atoms with Crippen molar-refractivity contribution in [3.8, 4) is 0 Å². The molecule has 0 aliphatic carbocycles. The molecule has 0 atom stereocenters. The minimum absolute atomic E-state index is 0.845. The number of nitrogens with two attached hydrogens (primary N) is 1. The molecule has 0 aromatic rings. The van der Waals surface area contributed by atoms with Crippen LogP contribution in [0.2, 0.25) is 0 Å². The van der Waals surface area contributed by atoms with E-state index in [9.17, 15) is 0 Å². The van der Waals surface area contributed by atoms with Gasteiger partial charge in [0.25, 0.3) is 0 Å². The van der Waals surface area contributed by atoms with Gasteiger partial charge >= 0.3 is 0 Å². The van der Waals surface area contributed by atoms with Crippen LogP contribution in [-0.4, -0.2) is 3.72 Å². The van der Waals surface area contributed by atoms with Gasteiger partial charge in [-0.05, 0) is 49.3 Å². The Bertz CT molecular complexity index is 112. The molecule has 0 unspecified atom stereocenters. The van der Waals surface area contributed by atoms with Gasteiger partial charge in [0.15, 0.2) is 0 Å². The van der Waals surface area contributed by atoms with E-state index < -0.39 is 0 Å². The van der Waals surface area contributed by atoms with Crippen molar-refractivity contribution in [3.05, 3.63) is 7.66 Å². The highest BCUT2D eigenvalue weighted by Gasteiger charge is 1.93. The molecule has 0 saturated heterocycles. The minimum atomic E-state index is 0.845. The summed E-state index contributed by atoms with van der Waals surface area (Å²) in [6.07, 6.45) is 0. The number of hydrogen-bond acceptors (Lipinski definition) is 2. The van der Waals surface area contributed by atoms with Gasteiger partial charge in [-0.1, -0.05) is 22.6 Å². The summed E-state index contributed by atoms with van der Waals surface area (Å²) in [5.41, 5.74) is 0. The van der Waals surface area contributed by atoms with Gasteiger partial charge in [-0.15, -0.1) is 0 Å². The molecule has 2 nitrogen and oxygen atoms in total. The summed E-state index contributed by atoms with van der Waals surface area (Å²) < 4.78 is 3.85. The maximum Gasteiger partial charge on any atom is 0.134 e. The quantitative estimate of drug-likeness (QED) is 0.285. The number of hydrazone groups is 1. The van der Waals surface area contributed by atoms with Gasteiger partial charge in [0, 0.05) is 0 Å². The number of hydrogen-bond donors (Lipinski definition) is 1. The molecule has 2 N–H and O–H groups in total. The van der Waals surface area contributed by atoms with Crippen LogP contribution in [0.3, 0.4) is 0 Å². The molecule has 0 amide bonds. The zero-order valence-corrected chi connectivity index (χ0v) is 10.2. The van der Waals surface area contributed by atoms with Crippen LogP contribution in [-0.2, 0) is 0 Å². The van der Waals surface area contributed by atoms with E-state index in [1.165, 1.54) is 0 Å². The van der Waals surface area contributed by atoms with Crippen molar-refractivity contribution in [2.24, 2.45) is 10.9 Å². The number of nitrogens with zero attached hydrogens (tertiary/aromatic N) is 1. The zero-order valence-electron chi connectivity index (χ0n) is 3.74. The summed E-state index contributed by atoms with van der Waals surface area (Å²) in [7, 11) is 0. The van der Waals surface area contributed by atoms with Crippen molar-refractivity contribution in [2.45, 2.75) is 0 Å². The first kappa shape index (κ1) is 9.40. The summed E-state index contributed by atoms with van der Waals surface area (Å²) in [4.78, 5) is 0. The van der Waals surface area contributed by atoms with Crippen LogP contribution < -0.4 is 5.84 Å². The van der Waals surface area contributed by atoms with Crippen molar-refractivity contribution in [2.75, 3.05) is 0 Å². The number of allylic oxidation sites excluding steroid dienone is 1. The van der Waals surface area contributed by atoms with Crippen molar-refractivity contribution in [1.82, 2.24) is 0 Å². The fourth-order valence-corrected chi connectivity index (χ4v) is 1.29. The molecule has 0 saturated carbocycles. The van der Waals surface area contributed by atoms with E-state index in [0.717, 1.165) is 7.30 Å². The molecule has 5 heteroatoms. The molecule has 0 radical (unpaired) electrons. The average Bonchev–Trinajstić information content (AvgIpc) is 1.84. The molecule has 0 aliphatic rings. The highest BCUT2D eigenvalue weighted by atomic mass is 127. The molecular formula is C3H3I3N2. The Balaban J connectivity index is 4.04. The molecule has 8 heavy (non-hydrogen) atoms. The van der Waals surface area contributed by atoms with Crippen LogP contribution in [0.5, 0.6) is 0 Å². The second-order valence-electron chi connectivity index (χ2n) is 0.877. The molecule has 0 spiro atoms. The minimum Gasteiger partial charge on any atom is -0.322 e. The Hall–Kier alpha value is 1.40. The Morgan fingerprint density at radius 1 is 1.50 bits per heavy atom. The van der Waals surface area contributed by atoms with Crippen LogP contribution in [0.15, 0.2) is 12.8 Å². The fourth-order valence-electron chi connectivity index (χ4n) is 0.107. The molecular weight excluding hydrogens is 445 g/mol. The van der Waals surface area contributed by atoms with E-state index in [-0.39, 0.29) is 0 Å². The van der Waals surface area contributed by atoms with E-state index in [1.54, 1.807) is 0 Å². The predicted molar refractivity (Wildman–Crippen MR) is 61.8 cm³/mol. The van der Waals surface area contributed by atoms with Crippen LogP contribution in [0.4, 0.5) is 0 Å². The summed E-state index contributed by atoms with van der Waals surface area (Å²) in [6, 6.07) is 0. The van der Waals surface area contributed by atoms with Crippen LogP contribution >= 0.6 is 67.8 Å². The van der Waals surface area contributed by atoms with Gasteiger partial charge in [0.2, 0.25) is 0 Å². The molecule has 0 aromatic heterocycles. The third kappa shape index (κ3) is 3.43. The van der Waals surface area contributed by atoms with Gasteiger partial charge in [-0.25, -0.2) is 0 Å². The average molecular weight is 448 g/mol. The lowest BCUT2D eigenvalue weighted by molar-refractivity contribution is 1.27. The standard InChI is InChI=1S/C3H3I3N2/c4-1-2(5)3(6)8-7/h1H,7H2/b2-1+,8-3+. The predicted octanol–water partition coefficient (Wildman–Crippen LogP) is 2.41. The summed E-state index contributed by atoms with van der Waals surface area (Å²) in [6.45, 7) is 0. The van der Waals surface area contributed by atoms with Crippen molar-refractivity contribution in [1.29, 1.82) is 0 Å². The SMILES string of the molecule is N/N=C(I)\C(I)=C/I. The monoisotopic (exact) mass is 448 g/mol. The smallest absolute Gasteiger partial charge is 0.134 e. The summed E-state index contributed by atoms with van der Waals surface area (Å²) in [5.74, 6) is 4.98. The largest absolute Gasteiger partial charge is 0.322 e. The van der Waals surface area contributed by atoms with E-state index in [4.69, 9.17) is 5.84 Å². The Labute approximate surface area is 88.8 Å². The van der Waals surface area contributed by atoms with Gasteiger partial charge in [0.05, 0.1) is 3.58 Å². The lowest BCUT2D eigenvalue weighted by Gasteiger charge is -1.87. The zero-order chi connectivity index (χ0) is 6.57. The molecule has 0 fully saturated rings. The van der Waals surface area contributed by atoms with Crippen LogP contribution in [0.1, 0.15) is 0 Å². The first-order valence-electron chi connectivity index (χ1n) is 1.62. The number of halogens is 3. The third-order valence-corrected chi connectivity index (χ3v) is 4.93. The molecule has 0 heterocycles. The third-order valence-electron chi connectivity index (χ3n) is 0.406. The molecule has 0 aliphatic heterocycles. The van der Waals surface area contributed by atoms with Crippen molar-refractivity contribution in [3.63, 3.8) is 0 Å². The maximum atomic E-state index is 4.98. The lowest BCUT2D eigenvalue weighted by atomic mass is 10.7. The molecule has 0 aromatic carbocycles. The Morgan fingerprint density at radius 2 is 2.00 bits per heavy atom. The van der Waals surface area contributed by atoms with E-state index in [2.05, 4.69) is 72.9 Å². The van der Waals surface area contributed by atoms with Crippen molar-refractivity contribution < 1.29 is 0 Å². The maximum absolute atomic E-state index is 4.98. The highest BCUT2D eigenvalue weighted by Crippen LogP contribution is 2.14. The van der Waals surface area contributed by atoms with E-state index in [1.807, 2.05) is 4.08 Å². The second-order valence-corrected chi connectivity index (χ2v) is 3.68. The second kappa shape index (κ2) is 5.21. The Kier molecular flexibility index (Phi) is 6.12. The molecule has 0 rings (SSSR count). The lowest BCUT2D eigenvalue weighted by Crippen LogP contribution is -1.89. The fraction of sp³-hybridized carbons (Fsp3) is 0. The van der Waals surface area contributed by atoms with E-state index in [0.29, 0.717) is 0 Å². The van der Waals surface area contributed by atoms with Gasteiger partial charge in [-0.2, -0.15) is 5.10 Å². The molecule has 0 bridgehead atoms. The van der Waals surface area contributed by atoms with Gasteiger partial charge in [0.1, 0.15) is 3.72 Å².